The Morgan fingerprint density at radius 3 is 2.62 bits per heavy atom. The van der Waals surface area contributed by atoms with Gasteiger partial charge in [-0.05, 0) is 68.6 Å². The molecule has 3 rings (SSSR count). The highest BCUT2D eigenvalue weighted by molar-refractivity contribution is 7.92. The van der Waals surface area contributed by atoms with Crippen LogP contribution in [0.3, 0.4) is 0 Å². The molecule has 144 valence electrons. The van der Waals surface area contributed by atoms with Crippen LogP contribution in [0.15, 0.2) is 18.2 Å². The number of sulfonamides is 1. The van der Waals surface area contributed by atoms with Crippen molar-refractivity contribution < 1.29 is 13.2 Å². The van der Waals surface area contributed by atoms with E-state index >= 15 is 0 Å². The molecule has 2 aliphatic rings. The molecule has 5 nitrogen and oxygen atoms in total. The number of anilines is 1. The van der Waals surface area contributed by atoms with Gasteiger partial charge in [-0.15, -0.1) is 0 Å². The molecule has 3 unspecified atom stereocenters. The number of benzene rings is 1. The van der Waals surface area contributed by atoms with Gasteiger partial charge < -0.3 is 5.32 Å². The molecule has 2 bridgehead atoms. The summed E-state index contributed by atoms with van der Waals surface area (Å²) in [7, 11) is -3.38. The van der Waals surface area contributed by atoms with Crippen molar-refractivity contribution in [1.82, 2.24) is 5.32 Å². The molecular formula is C20H30N2O3S. The average Bonchev–Trinajstić information content (AvgIpc) is 3.16. The number of aryl methyl sites for hydroxylation is 2. The minimum atomic E-state index is -3.38. The molecule has 2 fully saturated rings. The van der Waals surface area contributed by atoms with E-state index in [1.807, 2.05) is 32.0 Å². The lowest BCUT2D eigenvalue weighted by Crippen LogP contribution is -2.39. The van der Waals surface area contributed by atoms with E-state index in [9.17, 15) is 13.2 Å². The standard InChI is InChI=1S/C20H30N2O3S/c1-14-6-7-15(2)19(11-14)22(26(3,24)25)10-4-5-20(23)21-18-13-16-8-9-17(18)12-16/h6-7,11,16-18H,4-5,8-10,12-13H2,1-3H3,(H,21,23). The molecule has 26 heavy (non-hydrogen) atoms. The first kappa shape index (κ1) is 19.2. The molecular weight excluding hydrogens is 348 g/mol. The molecule has 0 aromatic heterocycles. The minimum absolute atomic E-state index is 0.0527. The van der Waals surface area contributed by atoms with Crippen molar-refractivity contribution in [1.29, 1.82) is 0 Å². The monoisotopic (exact) mass is 378 g/mol. The van der Waals surface area contributed by atoms with Crippen LogP contribution in [0.2, 0.25) is 0 Å². The van der Waals surface area contributed by atoms with Gasteiger partial charge in [-0.2, -0.15) is 0 Å². The van der Waals surface area contributed by atoms with Gasteiger partial charge in [0.05, 0.1) is 11.9 Å². The summed E-state index contributed by atoms with van der Waals surface area (Å²) in [6.07, 6.45) is 7.05. The second-order valence-electron chi connectivity index (χ2n) is 8.08. The Morgan fingerprint density at radius 1 is 1.23 bits per heavy atom. The molecule has 2 saturated carbocycles. The maximum absolute atomic E-state index is 12.3. The Balaban J connectivity index is 1.57. The Kier molecular flexibility index (Phi) is 5.61. The van der Waals surface area contributed by atoms with Gasteiger partial charge in [-0.3, -0.25) is 9.10 Å². The molecule has 1 aromatic carbocycles. The van der Waals surface area contributed by atoms with Gasteiger partial charge in [-0.1, -0.05) is 18.6 Å². The smallest absolute Gasteiger partial charge is 0.232 e. The zero-order valence-electron chi connectivity index (χ0n) is 16.0. The summed E-state index contributed by atoms with van der Waals surface area (Å²) in [5, 5.41) is 3.18. The number of hydrogen-bond acceptors (Lipinski definition) is 3. The van der Waals surface area contributed by atoms with E-state index in [4.69, 9.17) is 0 Å². The van der Waals surface area contributed by atoms with Crippen LogP contribution in [0.1, 0.15) is 49.7 Å². The molecule has 0 heterocycles. The third-order valence-corrected chi connectivity index (χ3v) is 7.06. The Labute approximate surface area is 157 Å². The van der Waals surface area contributed by atoms with E-state index in [0.29, 0.717) is 37.0 Å². The number of fused-ring (bicyclic) bond motifs is 2. The fourth-order valence-electron chi connectivity index (χ4n) is 4.54. The largest absolute Gasteiger partial charge is 0.353 e. The third-order valence-electron chi connectivity index (χ3n) is 5.88. The van der Waals surface area contributed by atoms with Crippen LogP contribution in [0.4, 0.5) is 5.69 Å². The van der Waals surface area contributed by atoms with E-state index in [1.165, 1.54) is 29.8 Å². The van der Waals surface area contributed by atoms with Crippen molar-refractivity contribution in [2.75, 3.05) is 17.1 Å². The summed E-state index contributed by atoms with van der Waals surface area (Å²) < 4.78 is 26.0. The van der Waals surface area contributed by atoms with Crippen LogP contribution in [0, 0.1) is 25.7 Å². The van der Waals surface area contributed by atoms with Gasteiger partial charge >= 0.3 is 0 Å². The number of carbonyl (C=O) groups excluding carboxylic acids is 1. The maximum Gasteiger partial charge on any atom is 0.232 e. The number of nitrogens with one attached hydrogen (secondary N) is 1. The Morgan fingerprint density at radius 2 is 2.00 bits per heavy atom. The third kappa shape index (κ3) is 4.40. The van der Waals surface area contributed by atoms with Crippen LogP contribution in [0.5, 0.6) is 0 Å². The van der Waals surface area contributed by atoms with E-state index < -0.39 is 10.0 Å². The number of carbonyl (C=O) groups is 1. The quantitative estimate of drug-likeness (QED) is 0.792. The van der Waals surface area contributed by atoms with E-state index in [1.54, 1.807) is 0 Å². The van der Waals surface area contributed by atoms with Crippen molar-refractivity contribution in [2.24, 2.45) is 11.8 Å². The van der Waals surface area contributed by atoms with E-state index in [0.717, 1.165) is 23.5 Å². The molecule has 1 aromatic rings. The zero-order valence-corrected chi connectivity index (χ0v) is 16.8. The molecule has 6 heteroatoms. The summed E-state index contributed by atoms with van der Waals surface area (Å²) in [5.74, 6) is 1.51. The van der Waals surface area contributed by atoms with Crippen LogP contribution in [-0.2, 0) is 14.8 Å². The average molecular weight is 379 g/mol. The summed E-state index contributed by atoms with van der Waals surface area (Å²) in [6.45, 7) is 4.19. The number of nitrogens with zero attached hydrogens (tertiary/aromatic N) is 1. The van der Waals surface area contributed by atoms with Crippen molar-refractivity contribution >= 4 is 21.6 Å². The van der Waals surface area contributed by atoms with Gasteiger partial charge in [0.2, 0.25) is 15.9 Å². The number of hydrogen-bond donors (Lipinski definition) is 1. The number of amides is 1. The fourth-order valence-corrected chi connectivity index (χ4v) is 5.55. The first-order valence-electron chi connectivity index (χ1n) is 9.58. The van der Waals surface area contributed by atoms with E-state index in [-0.39, 0.29) is 5.91 Å². The molecule has 1 N–H and O–H groups in total. The highest BCUT2D eigenvalue weighted by Gasteiger charge is 2.39. The fraction of sp³-hybridized carbons (Fsp3) is 0.650. The van der Waals surface area contributed by atoms with Gasteiger partial charge in [0.1, 0.15) is 0 Å². The van der Waals surface area contributed by atoms with Crippen LogP contribution < -0.4 is 9.62 Å². The van der Waals surface area contributed by atoms with Crippen molar-refractivity contribution in [3.8, 4) is 0 Å². The maximum atomic E-state index is 12.3. The van der Waals surface area contributed by atoms with Gasteiger partial charge in [0, 0.05) is 19.0 Å². The second kappa shape index (κ2) is 7.59. The molecule has 3 atom stereocenters. The second-order valence-corrected chi connectivity index (χ2v) is 9.98. The van der Waals surface area contributed by atoms with Gasteiger partial charge in [-0.25, -0.2) is 8.42 Å². The van der Waals surface area contributed by atoms with Crippen molar-refractivity contribution in [3.63, 3.8) is 0 Å². The topological polar surface area (TPSA) is 66.5 Å². The zero-order chi connectivity index (χ0) is 18.9. The SMILES string of the molecule is Cc1ccc(C)c(N(CCCC(=O)NC2CC3CCC2C3)S(C)(=O)=O)c1. The Bertz CT molecular complexity index is 775. The summed E-state index contributed by atoms with van der Waals surface area (Å²) in [6, 6.07) is 6.14. The number of rotatable bonds is 7. The predicted octanol–water partition coefficient (Wildman–Crippen LogP) is 3.15. The first-order chi connectivity index (χ1) is 12.2. The predicted molar refractivity (Wildman–Crippen MR) is 105 cm³/mol. The van der Waals surface area contributed by atoms with Crippen molar-refractivity contribution in [2.45, 2.75) is 58.4 Å². The normalized spacial score (nSPS) is 24.7. The Hall–Kier alpha value is -1.56. The van der Waals surface area contributed by atoms with Crippen LogP contribution >= 0.6 is 0 Å². The lowest BCUT2D eigenvalue weighted by molar-refractivity contribution is -0.122. The summed E-state index contributed by atoms with van der Waals surface area (Å²) in [4.78, 5) is 12.3. The lowest BCUT2D eigenvalue weighted by Gasteiger charge is -2.25. The molecule has 1 amide bonds. The first-order valence-corrected chi connectivity index (χ1v) is 11.4. The lowest BCUT2D eigenvalue weighted by atomic mass is 9.95. The molecule has 0 aliphatic heterocycles. The van der Waals surface area contributed by atoms with Crippen molar-refractivity contribution in [3.05, 3.63) is 29.3 Å². The molecule has 0 spiro atoms. The van der Waals surface area contributed by atoms with Crippen LogP contribution in [0.25, 0.3) is 0 Å². The molecule has 2 aliphatic carbocycles. The van der Waals surface area contributed by atoms with Crippen LogP contribution in [-0.4, -0.2) is 33.2 Å². The minimum Gasteiger partial charge on any atom is -0.353 e. The molecule has 0 radical (unpaired) electrons. The summed E-state index contributed by atoms with van der Waals surface area (Å²) >= 11 is 0. The van der Waals surface area contributed by atoms with E-state index in [2.05, 4.69) is 5.32 Å². The van der Waals surface area contributed by atoms with Gasteiger partial charge in [0.15, 0.2) is 0 Å². The highest BCUT2D eigenvalue weighted by atomic mass is 32.2. The summed E-state index contributed by atoms with van der Waals surface area (Å²) in [5.41, 5.74) is 2.65. The molecule has 0 saturated heterocycles. The highest BCUT2D eigenvalue weighted by Crippen LogP contribution is 2.44. The van der Waals surface area contributed by atoms with Gasteiger partial charge in [0.25, 0.3) is 0 Å².